The van der Waals surface area contributed by atoms with Gasteiger partial charge in [0.05, 0.1) is 5.41 Å². The monoisotopic (exact) mass is 791 g/mol. The van der Waals surface area contributed by atoms with Crippen LogP contribution in [-0.4, -0.2) is 0 Å². The van der Waals surface area contributed by atoms with Crippen LogP contribution < -0.4 is 9.64 Å². The molecular weight excluding hydrogens is 755 g/mol. The molecule has 62 heavy (non-hydrogen) atoms. The molecule has 3 nitrogen and oxygen atoms in total. The number of ether oxygens (including phenoxy) is 1. The number of hydrogen-bond donors (Lipinski definition) is 0. The van der Waals surface area contributed by atoms with Gasteiger partial charge in [-0.25, -0.2) is 0 Å². The van der Waals surface area contributed by atoms with Crippen molar-refractivity contribution in [1.82, 2.24) is 0 Å². The molecule has 10 aromatic carbocycles. The van der Waals surface area contributed by atoms with Crippen LogP contribution in [0.15, 0.2) is 229 Å². The quantitative estimate of drug-likeness (QED) is 0.174. The number of anilines is 3. The second kappa shape index (κ2) is 13.4. The van der Waals surface area contributed by atoms with Crippen LogP contribution in [0.4, 0.5) is 17.1 Å². The van der Waals surface area contributed by atoms with E-state index in [2.05, 4.69) is 217 Å². The van der Waals surface area contributed by atoms with Gasteiger partial charge in [0.2, 0.25) is 0 Å². The summed E-state index contributed by atoms with van der Waals surface area (Å²) in [7, 11) is 0. The van der Waals surface area contributed by atoms with E-state index < -0.39 is 5.41 Å². The Morgan fingerprint density at radius 2 is 0.887 bits per heavy atom. The summed E-state index contributed by atoms with van der Waals surface area (Å²) in [6, 6.07) is 80.9. The molecule has 13 rings (SSSR count). The molecule has 0 N–H and O–H groups in total. The predicted molar refractivity (Wildman–Crippen MR) is 254 cm³/mol. The summed E-state index contributed by atoms with van der Waals surface area (Å²) < 4.78 is 13.0. The highest BCUT2D eigenvalue weighted by Gasteiger charge is 2.51. The highest BCUT2D eigenvalue weighted by atomic mass is 16.5. The Morgan fingerprint density at radius 3 is 1.63 bits per heavy atom. The van der Waals surface area contributed by atoms with Crippen LogP contribution in [0, 0.1) is 0 Å². The summed E-state index contributed by atoms with van der Waals surface area (Å²) in [6.07, 6.45) is 0. The SMILES string of the molecule is c1ccc(-c2ccc(N(c3ccc(-c4ccc5c(c4)-c4c(ccc6ccccc46)C54c5ccccc5Oc5ccccc54)cc3)c3ccc4c(c3)oc3ccccc34)cc2)cc1. The minimum atomic E-state index is -0.528. The van der Waals surface area contributed by atoms with Crippen LogP contribution in [0.3, 0.4) is 0 Å². The van der Waals surface area contributed by atoms with Gasteiger partial charge in [0.1, 0.15) is 22.7 Å². The van der Waals surface area contributed by atoms with Crippen molar-refractivity contribution in [3.05, 3.63) is 247 Å². The molecule has 11 aromatic rings. The molecule has 2 aliphatic rings. The molecule has 0 saturated heterocycles. The Labute approximate surface area is 359 Å². The van der Waals surface area contributed by atoms with Crippen LogP contribution in [0.5, 0.6) is 11.5 Å². The average molecular weight is 792 g/mol. The predicted octanol–water partition coefficient (Wildman–Crippen LogP) is 16.0. The first-order valence-corrected chi connectivity index (χ1v) is 21.2. The summed E-state index contributed by atoms with van der Waals surface area (Å²) in [5.41, 5.74) is 16.5. The molecule has 290 valence electrons. The fourth-order valence-electron chi connectivity index (χ4n) is 10.4. The van der Waals surface area contributed by atoms with Gasteiger partial charge in [-0.05, 0) is 116 Å². The van der Waals surface area contributed by atoms with Crippen molar-refractivity contribution in [2.24, 2.45) is 0 Å². The number of hydrogen-bond acceptors (Lipinski definition) is 3. The van der Waals surface area contributed by atoms with Crippen molar-refractivity contribution in [2.75, 3.05) is 4.90 Å². The Balaban J connectivity index is 0.958. The summed E-state index contributed by atoms with van der Waals surface area (Å²) in [6.45, 7) is 0. The number of nitrogens with zero attached hydrogens (tertiary/aromatic N) is 1. The third-order valence-corrected chi connectivity index (χ3v) is 13.1. The fourth-order valence-corrected chi connectivity index (χ4v) is 10.4. The van der Waals surface area contributed by atoms with Crippen LogP contribution in [-0.2, 0) is 5.41 Å². The minimum Gasteiger partial charge on any atom is -0.457 e. The second-order valence-electron chi connectivity index (χ2n) is 16.4. The zero-order chi connectivity index (χ0) is 40.8. The maximum Gasteiger partial charge on any atom is 0.137 e. The molecule has 0 atom stereocenters. The molecule has 0 radical (unpaired) electrons. The molecule has 0 saturated carbocycles. The van der Waals surface area contributed by atoms with Crippen molar-refractivity contribution in [3.63, 3.8) is 0 Å². The van der Waals surface area contributed by atoms with Gasteiger partial charge in [0.25, 0.3) is 0 Å². The number of para-hydroxylation sites is 3. The maximum absolute atomic E-state index is 6.62. The van der Waals surface area contributed by atoms with Crippen LogP contribution in [0.25, 0.3) is 66.1 Å². The topological polar surface area (TPSA) is 25.6 Å². The van der Waals surface area contributed by atoms with E-state index in [0.29, 0.717) is 0 Å². The molecule has 0 amide bonds. The van der Waals surface area contributed by atoms with Gasteiger partial charge in [-0.1, -0.05) is 158 Å². The van der Waals surface area contributed by atoms with Crippen LogP contribution in [0.2, 0.25) is 0 Å². The van der Waals surface area contributed by atoms with Crippen molar-refractivity contribution < 1.29 is 9.15 Å². The van der Waals surface area contributed by atoms with Gasteiger partial charge in [0.15, 0.2) is 0 Å². The summed E-state index contributed by atoms with van der Waals surface area (Å²) >= 11 is 0. The van der Waals surface area contributed by atoms with Gasteiger partial charge in [-0.15, -0.1) is 0 Å². The Bertz CT molecular complexity index is 3500. The maximum atomic E-state index is 6.62. The lowest BCUT2D eigenvalue weighted by Crippen LogP contribution is -2.32. The molecule has 1 aliphatic carbocycles. The second-order valence-corrected chi connectivity index (χ2v) is 16.4. The zero-order valence-electron chi connectivity index (χ0n) is 33.6. The third kappa shape index (κ3) is 5.06. The average Bonchev–Trinajstić information content (AvgIpc) is 3.86. The first kappa shape index (κ1) is 34.7. The van der Waals surface area contributed by atoms with E-state index >= 15 is 0 Å². The van der Waals surface area contributed by atoms with E-state index in [1.807, 2.05) is 12.1 Å². The van der Waals surface area contributed by atoms with E-state index in [1.165, 1.54) is 60.8 Å². The van der Waals surface area contributed by atoms with Gasteiger partial charge in [-0.3, -0.25) is 0 Å². The fraction of sp³-hybridized carbons (Fsp3) is 0.0169. The Morgan fingerprint density at radius 1 is 0.339 bits per heavy atom. The van der Waals surface area contributed by atoms with Crippen LogP contribution in [0.1, 0.15) is 22.3 Å². The van der Waals surface area contributed by atoms with Crippen molar-refractivity contribution in [3.8, 4) is 44.9 Å². The molecule has 1 aromatic heterocycles. The third-order valence-electron chi connectivity index (χ3n) is 13.1. The van der Waals surface area contributed by atoms with Crippen molar-refractivity contribution in [2.45, 2.75) is 5.41 Å². The standard InChI is InChI=1S/C59H37NO2/c1-2-12-38(13-3-1)39-22-28-43(29-23-39)60(45-32-33-48-47-16-6-9-19-54(47)61-57(48)37-45)44-30-24-40(25-31-44)42-27-34-50-49(36-42)58-46-15-5-4-14-41(46)26-35-53(58)59(50)51-17-7-10-20-55(51)62-56-21-11-8-18-52(56)59/h1-37H. The lowest BCUT2D eigenvalue weighted by molar-refractivity contribution is 0.436. The number of benzene rings is 10. The zero-order valence-corrected chi connectivity index (χ0v) is 33.6. The largest absolute Gasteiger partial charge is 0.457 e. The lowest BCUT2D eigenvalue weighted by atomic mass is 9.66. The Hall–Kier alpha value is -8.14. The lowest BCUT2D eigenvalue weighted by Gasteiger charge is -2.39. The van der Waals surface area contributed by atoms with E-state index in [-0.39, 0.29) is 0 Å². The number of furan rings is 1. The highest BCUT2D eigenvalue weighted by Crippen LogP contribution is 2.63. The first-order valence-electron chi connectivity index (χ1n) is 21.2. The van der Waals surface area contributed by atoms with Crippen LogP contribution >= 0.6 is 0 Å². The smallest absolute Gasteiger partial charge is 0.137 e. The molecule has 1 spiro atoms. The van der Waals surface area contributed by atoms with Gasteiger partial charge in [0, 0.05) is 45.0 Å². The highest BCUT2D eigenvalue weighted by molar-refractivity contribution is 6.07. The molecule has 3 heteroatoms. The molecule has 0 fully saturated rings. The molecule has 0 bridgehead atoms. The van der Waals surface area contributed by atoms with Gasteiger partial charge in [-0.2, -0.15) is 0 Å². The van der Waals surface area contributed by atoms with E-state index in [4.69, 9.17) is 9.15 Å². The molecule has 1 aliphatic heterocycles. The summed E-state index contributed by atoms with van der Waals surface area (Å²) in [4.78, 5) is 2.32. The van der Waals surface area contributed by atoms with Crippen molar-refractivity contribution in [1.29, 1.82) is 0 Å². The van der Waals surface area contributed by atoms with E-state index in [0.717, 1.165) is 56.1 Å². The number of rotatable bonds is 5. The van der Waals surface area contributed by atoms with E-state index in [9.17, 15) is 0 Å². The van der Waals surface area contributed by atoms with Gasteiger partial charge >= 0.3 is 0 Å². The number of fused-ring (bicyclic) bond motifs is 14. The Kier molecular flexibility index (Phi) is 7.52. The van der Waals surface area contributed by atoms with E-state index in [1.54, 1.807) is 0 Å². The van der Waals surface area contributed by atoms with Gasteiger partial charge < -0.3 is 14.1 Å². The van der Waals surface area contributed by atoms with Crippen molar-refractivity contribution >= 4 is 49.8 Å². The normalized spacial score (nSPS) is 13.1. The first-order chi connectivity index (χ1) is 30.7. The molecule has 2 heterocycles. The summed E-state index contributed by atoms with van der Waals surface area (Å²) in [5, 5.41) is 4.72. The molecule has 0 unspecified atom stereocenters. The summed E-state index contributed by atoms with van der Waals surface area (Å²) in [5.74, 6) is 1.80. The molecular formula is C59H37NO2. The minimum absolute atomic E-state index is 0.528.